The Hall–Kier alpha value is -10.2. The van der Waals surface area contributed by atoms with Gasteiger partial charge in [0.1, 0.15) is 30.5 Å². The van der Waals surface area contributed by atoms with Crippen molar-refractivity contribution in [3.63, 3.8) is 0 Å². The summed E-state index contributed by atoms with van der Waals surface area (Å²) in [6, 6.07) is 18.0. The van der Waals surface area contributed by atoms with Crippen molar-refractivity contribution in [3.05, 3.63) is 120 Å². The zero-order valence-electron chi connectivity index (χ0n) is 60.7. The van der Waals surface area contributed by atoms with Gasteiger partial charge < -0.3 is 51.8 Å². The lowest BCUT2D eigenvalue weighted by Crippen LogP contribution is -2.64. The molecule has 570 valence electrons. The number of nitrogens with two attached hydrogens (primary N) is 1. The number of likely N-dealkylation sites (N-methyl/N-ethyl adjacent to an activating group) is 1. The van der Waals surface area contributed by atoms with Crippen LogP contribution in [0.1, 0.15) is 138 Å². The van der Waals surface area contributed by atoms with Crippen molar-refractivity contribution in [2.45, 2.75) is 161 Å². The van der Waals surface area contributed by atoms with Gasteiger partial charge >= 0.3 is 24.1 Å². The van der Waals surface area contributed by atoms with Gasteiger partial charge in [-0.3, -0.25) is 53.1 Å². The number of imide groups is 1. The number of benzene rings is 3. The monoisotopic (exact) mass is 1510 g/mol. The van der Waals surface area contributed by atoms with E-state index in [-0.39, 0.29) is 97.6 Å². The first-order valence-corrected chi connectivity index (χ1v) is 38.4. The molecule has 6 aromatic rings. The smallest absolute Gasteiger partial charge is 0.408 e. The molecule has 6 aliphatic rings. The zero-order chi connectivity index (χ0) is 76.8. The zero-order valence-corrected chi connectivity index (χ0v) is 62.4. The number of aromatic carboxylic acids is 1. The lowest BCUT2D eigenvalue weighted by molar-refractivity contribution is -0.248. The van der Waals surface area contributed by atoms with Crippen LogP contribution in [0.3, 0.4) is 0 Å². The Kier molecular flexibility index (Phi) is 23.7. The molecule has 10 N–H and O–H groups in total. The number of pyridine rings is 1. The summed E-state index contributed by atoms with van der Waals surface area (Å²) >= 11 is 1.39. The van der Waals surface area contributed by atoms with Gasteiger partial charge in [-0.2, -0.15) is 13.5 Å². The number of fused-ring (bicyclic) bond motifs is 2. The molecular weight excluding hydrogens is 1420 g/mol. The van der Waals surface area contributed by atoms with Crippen LogP contribution in [0.25, 0.3) is 32.6 Å². The first-order chi connectivity index (χ1) is 50.8. The predicted molar refractivity (Wildman–Crippen MR) is 398 cm³/mol. The van der Waals surface area contributed by atoms with Crippen LogP contribution >= 0.6 is 11.3 Å². The number of carbonyl (C=O) groups excluding carboxylic acids is 9. The van der Waals surface area contributed by atoms with Gasteiger partial charge in [0, 0.05) is 92.1 Å². The van der Waals surface area contributed by atoms with E-state index < -0.39 is 87.2 Å². The van der Waals surface area contributed by atoms with Crippen molar-refractivity contribution in [1.29, 1.82) is 0 Å². The Morgan fingerprint density at radius 2 is 1.53 bits per heavy atom. The standard InChI is InChI=1S/C75H92N14O16S2/c1-45(2)62(84-59(90)18-8-7-11-30-88-60(91)27-28-61(88)92)65(94)81-55(16-12-29-77-68(76)98)64(93)79-50-23-19-47(20-24-50)36-104-71(100)83-56(37-107(101,102)103)66(95)86(6)32-33-105-75-41-72(4)38-73(5,42-75)40-74(39-72,43-75)44-89-46(3)52(35-78-89)51-25-26-53(80-63(51)67(96)97)49-22-21-48-14-13-31-87(57(48)34-49)70(99)85-69-82-54-15-9-10-17-58(54)106-69/h9-10,15,17,19-28,34-35,45,55-56,62H,7-8,11-14,16,18,29-33,36-44H2,1-6H3,(H,79,93)(H,81,94)(H,83,100)(H,84,90)(H,96,97)(H3,76,77,98)(H,82,85,99)(H,101,102,103)/t55-,56-,62?,72?,73?,74?,75?/m0/s1. The molecule has 0 spiro atoms. The Balaban J connectivity index is 0.676. The summed E-state index contributed by atoms with van der Waals surface area (Å²) in [5, 5.41) is 32.1. The van der Waals surface area contributed by atoms with Crippen LogP contribution in [0.2, 0.25) is 0 Å². The number of thiazole rings is 1. The van der Waals surface area contributed by atoms with Gasteiger partial charge in [0.25, 0.3) is 21.9 Å². The molecule has 30 nitrogen and oxygen atoms in total. The highest BCUT2D eigenvalue weighted by molar-refractivity contribution is 7.85. The van der Waals surface area contributed by atoms with Gasteiger partial charge in [-0.15, -0.1) is 0 Å². The molecule has 5 atom stereocenters. The summed E-state index contributed by atoms with van der Waals surface area (Å²) in [5.41, 5.74) is 10.0. The lowest BCUT2D eigenvalue weighted by atomic mass is 9.39. The number of amides is 11. The maximum atomic E-state index is 14.1. The number of anilines is 3. The number of nitrogens with one attached hydrogen (secondary N) is 6. The molecule has 12 rings (SSSR count). The molecule has 3 unspecified atom stereocenters. The van der Waals surface area contributed by atoms with E-state index in [1.165, 1.54) is 59.7 Å². The summed E-state index contributed by atoms with van der Waals surface area (Å²) in [6.45, 7) is 10.9. The fraction of sp³-hybridized carbons (Fsp3) is 0.480. The maximum absolute atomic E-state index is 14.1. The highest BCUT2D eigenvalue weighted by Crippen LogP contribution is 2.72. The molecule has 2 aliphatic heterocycles. The molecule has 4 fully saturated rings. The molecule has 5 heterocycles. The normalized spacial score (nSPS) is 20.8. The number of aromatic nitrogens is 4. The van der Waals surface area contributed by atoms with Crippen LogP contribution in [-0.2, 0) is 67.9 Å². The number of carboxylic acids is 1. The van der Waals surface area contributed by atoms with Crippen molar-refractivity contribution in [3.8, 4) is 22.4 Å². The number of nitrogens with zero attached hydrogens (tertiary/aromatic N) is 7. The van der Waals surface area contributed by atoms with E-state index in [4.69, 9.17) is 25.3 Å². The van der Waals surface area contributed by atoms with Crippen LogP contribution in [0.5, 0.6) is 0 Å². The topological polar surface area (TPSA) is 415 Å². The lowest BCUT2D eigenvalue weighted by Gasteiger charge is -2.69. The number of carboxylic acid groups (broad SMARTS) is 1. The van der Waals surface area contributed by atoms with Crippen molar-refractivity contribution >= 4 is 108 Å². The average molecular weight is 1510 g/mol. The van der Waals surface area contributed by atoms with E-state index in [0.717, 1.165) is 71.3 Å². The minimum Gasteiger partial charge on any atom is -0.476 e. The SMILES string of the molecule is Cc1c(-c2ccc(-c3ccc4c(c3)N(C(=O)Nc3nc5ccccc5s3)CCC4)nc2C(=O)O)cnn1CC12CC3(C)CC(C)(C1)CC(OCCN(C)C(=O)[C@H](CS(=O)(=O)O)NC(=O)OCc1ccc(NC(=O)[C@H](CCCNC(N)=O)NC(=O)C(NC(=O)CCCCCN4C(=O)C=CC4=O)C(C)C)cc1)(C3)C2. The van der Waals surface area contributed by atoms with Crippen LogP contribution in [-0.4, -0.2) is 177 Å². The fourth-order valence-corrected chi connectivity index (χ4v) is 18.5. The van der Waals surface area contributed by atoms with E-state index in [1.807, 2.05) is 54.1 Å². The summed E-state index contributed by atoms with van der Waals surface area (Å²) in [6.07, 6.45) is 11.2. The molecule has 107 heavy (non-hydrogen) atoms. The number of primary amides is 1. The van der Waals surface area contributed by atoms with E-state index in [9.17, 15) is 66.0 Å². The van der Waals surface area contributed by atoms with Gasteiger partial charge in [-0.05, 0) is 160 Å². The van der Waals surface area contributed by atoms with Crippen LogP contribution in [0, 0.1) is 29.1 Å². The van der Waals surface area contributed by atoms with E-state index in [1.54, 1.807) is 37.1 Å². The average Bonchev–Trinajstić information content (AvgIpc) is 1.42. The minimum absolute atomic E-state index is 0.00942. The van der Waals surface area contributed by atoms with Crippen LogP contribution < -0.4 is 42.5 Å². The number of hydrogen-bond acceptors (Lipinski definition) is 18. The number of hydrogen-bond donors (Lipinski definition) is 9. The number of para-hydroxylation sites is 1. The molecule has 0 radical (unpaired) electrons. The highest BCUT2D eigenvalue weighted by atomic mass is 32.2. The third-order valence-corrected chi connectivity index (χ3v) is 22.4. The summed E-state index contributed by atoms with van der Waals surface area (Å²) in [4.78, 5) is 143. The molecular formula is C75H92N14O16S2. The summed E-state index contributed by atoms with van der Waals surface area (Å²) < 4.78 is 49.9. The number of alkyl carbamates (subject to hydrolysis) is 1. The number of carbonyl (C=O) groups is 10. The second kappa shape index (κ2) is 32.5. The Labute approximate surface area is 623 Å². The molecule has 3 aromatic heterocycles. The van der Waals surface area contributed by atoms with Gasteiger partial charge in [0.2, 0.25) is 23.6 Å². The number of unbranched alkanes of at least 4 members (excludes halogenated alkanes) is 2. The maximum Gasteiger partial charge on any atom is 0.408 e. The number of rotatable bonds is 32. The van der Waals surface area contributed by atoms with Gasteiger partial charge in [-0.1, -0.05) is 81.9 Å². The van der Waals surface area contributed by atoms with Crippen LogP contribution in [0.4, 0.5) is 30.9 Å². The fourth-order valence-electron chi connectivity index (χ4n) is 17.0. The summed E-state index contributed by atoms with van der Waals surface area (Å²) in [5.74, 6) is -6.05. The van der Waals surface area contributed by atoms with Crippen molar-refractivity contribution < 1.29 is 75.5 Å². The van der Waals surface area contributed by atoms with E-state index >= 15 is 0 Å². The first kappa shape index (κ1) is 77.9. The second-order valence-corrected chi connectivity index (χ2v) is 32.7. The molecule has 4 saturated carbocycles. The van der Waals surface area contributed by atoms with Gasteiger partial charge in [-0.25, -0.2) is 29.1 Å². The first-order valence-electron chi connectivity index (χ1n) is 36.0. The van der Waals surface area contributed by atoms with Gasteiger partial charge in [0.05, 0.1) is 34.3 Å². The van der Waals surface area contributed by atoms with Crippen LogP contribution in [0.15, 0.2) is 97.2 Å². The van der Waals surface area contributed by atoms with E-state index in [2.05, 4.69) is 50.7 Å². The van der Waals surface area contributed by atoms with Crippen molar-refractivity contribution in [1.82, 2.24) is 50.8 Å². The third-order valence-electron chi connectivity index (χ3n) is 20.7. The number of ether oxygens (including phenoxy) is 2. The number of aryl methyl sites for hydroxylation is 1. The Morgan fingerprint density at radius 1 is 0.804 bits per heavy atom. The number of urea groups is 2. The molecule has 4 bridgehead atoms. The molecule has 0 saturated heterocycles. The second-order valence-electron chi connectivity index (χ2n) is 30.2. The largest absolute Gasteiger partial charge is 0.476 e. The Morgan fingerprint density at radius 3 is 2.22 bits per heavy atom. The molecule has 3 aromatic carbocycles. The summed E-state index contributed by atoms with van der Waals surface area (Å²) in [7, 11) is -3.40. The molecule has 11 amide bonds. The van der Waals surface area contributed by atoms with E-state index in [0.29, 0.717) is 77.5 Å². The Bertz CT molecular complexity index is 4510. The quantitative estimate of drug-likeness (QED) is 0.0108. The molecule has 4 aliphatic carbocycles. The molecule has 32 heteroatoms. The van der Waals surface area contributed by atoms with Crippen molar-refractivity contribution in [2.75, 3.05) is 61.1 Å². The predicted octanol–water partition coefficient (Wildman–Crippen LogP) is 8.49. The van der Waals surface area contributed by atoms with Gasteiger partial charge in [0.15, 0.2) is 10.8 Å². The third kappa shape index (κ3) is 19.2. The highest BCUT2D eigenvalue weighted by Gasteiger charge is 2.66. The van der Waals surface area contributed by atoms with Crippen molar-refractivity contribution in [2.24, 2.45) is 27.9 Å². The minimum atomic E-state index is -4.84.